The number of hydrogen-bond acceptors (Lipinski definition) is 5. The Morgan fingerprint density at radius 3 is 2.33 bits per heavy atom. The number of rotatable bonds is 5. The van der Waals surface area contributed by atoms with Gasteiger partial charge in [0.25, 0.3) is 0 Å². The van der Waals surface area contributed by atoms with Crippen LogP contribution in [0.15, 0.2) is 0 Å². The molecule has 2 aliphatic heterocycles. The van der Waals surface area contributed by atoms with E-state index in [2.05, 4.69) is 20.8 Å². The monoisotopic (exact) mass is 398 g/mol. The van der Waals surface area contributed by atoms with Crippen LogP contribution in [0.5, 0.6) is 0 Å². The summed E-state index contributed by atoms with van der Waals surface area (Å²) < 4.78 is 18.3. The summed E-state index contributed by atoms with van der Waals surface area (Å²) in [6.07, 6.45) is 8.06. The molecule has 2 aliphatic rings. The maximum absolute atomic E-state index is 12.0. The molecular formula is C21H38O5Si. The average molecular weight is 399 g/mol. The normalized spacial score (nSPS) is 29.1. The lowest BCUT2D eigenvalue weighted by atomic mass is 10.0. The number of fused-ring (bicyclic) bond motifs is 1. The van der Waals surface area contributed by atoms with Gasteiger partial charge in [-0.05, 0) is 37.4 Å². The number of carbonyl (C=O) groups excluding carboxylic acids is 2. The van der Waals surface area contributed by atoms with Crippen molar-refractivity contribution in [3.05, 3.63) is 0 Å². The zero-order chi connectivity index (χ0) is 19.8. The van der Waals surface area contributed by atoms with Gasteiger partial charge in [0.1, 0.15) is 11.9 Å². The molecule has 2 heterocycles. The minimum atomic E-state index is -1.79. The number of hydrogen-bond donors (Lipinski definition) is 0. The molecule has 2 unspecified atom stereocenters. The third-order valence-corrected chi connectivity index (χ3v) is 11.0. The lowest BCUT2D eigenvalue weighted by molar-refractivity contribution is -0.145. The van der Waals surface area contributed by atoms with Gasteiger partial charge in [-0.2, -0.15) is 0 Å². The molecule has 0 aromatic rings. The van der Waals surface area contributed by atoms with E-state index in [1.54, 1.807) is 0 Å². The summed E-state index contributed by atoms with van der Waals surface area (Å²) in [6, 6.07) is 3.27. The fraction of sp³-hybridized carbons (Fsp3) is 0.905. The zero-order valence-corrected chi connectivity index (χ0v) is 18.5. The van der Waals surface area contributed by atoms with Gasteiger partial charge in [0.2, 0.25) is 0 Å². The molecule has 0 radical (unpaired) electrons. The zero-order valence-electron chi connectivity index (χ0n) is 17.5. The fourth-order valence-electron chi connectivity index (χ4n) is 4.12. The van der Waals surface area contributed by atoms with E-state index in [0.717, 1.165) is 50.2 Å². The third kappa shape index (κ3) is 6.68. The smallest absolute Gasteiger partial charge is 0.305 e. The Bertz CT molecular complexity index is 483. The van der Waals surface area contributed by atoms with E-state index in [1.807, 2.05) is 0 Å². The summed E-state index contributed by atoms with van der Waals surface area (Å²) in [5, 5.41) is 0. The van der Waals surface area contributed by atoms with E-state index in [-0.39, 0.29) is 17.9 Å². The van der Waals surface area contributed by atoms with Gasteiger partial charge in [0, 0.05) is 25.7 Å². The van der Waals surface area contributed by atoms with Crippen molar-refractivity contribution in [2.45, 2.75) is 115 Å². The van der Waals surface area contributed by atoms with Crippen LogP contribution in [0.25, 0.3) is 0 Å². The Balaban J connectivity index is 1.97. The predicted octanol–water partition coefficient (Wildman–Crippen LogP) is 5.13. The molecule has 0 aliphatic carbocycles. The first-order chi connectivity index (χ1) is 13.0. The molecule has 0 spiro atoms. The van der Waals surface area contributed by atoms with E-state index in [1.165, 1.54) is 0 Å². The van der Waals surface area contributed by atoms with Gasteiger partial charge in [-0.3, -0.25) is 9.59 Å². The van der Waals surface area contributed by atoms with Crippen molar-refractivity contribution in [2.24, 2.45) is 0 Å². The summed E-state index contributed by atoms with van der Waals surface area (Å²) in [5.41, 5.74) is 0. The molecule has 0 amide bonds. The molecule has 0 N–H and O–H groups in total. The van der Waals surface area contributed by atoms with Crippen LogP contribution in [-0.4, -0.2) is 38.6 Å². The van der Waals surface area contributed by atoms with Gasteiger partial charge in [0.05, 0.1) is 6.61 Å². The van der Waals surface area contributed by atoms with Crippen LogP contribution >= 0.6 is 0 Å². The molecule has 2 fully saturated rings. The van der Waals surface area contributed by atoms with Crippen molar-refractivity contribution in [3.63, 3.8) is 0 Å². The van der Waals surface area contributed by atoms with E-state index in [0.29, 0.717) is 38.7 Å². The standard InChI is InChI=1S/C21H38O5Si/c1-4-27(5-2,6-3)26-21-16-17-24-20(23)15-11-13-18(22)12-9-7-8-10-14-19(21)25-21/h19H,4-17H2,1-3H3. The quantitative estimate of drug-likeness (QED) is 0.365. The summed E-state index contributed by atoms with van der Waals surface area (Å²) in [7, 11) is -1.79. The molecule has 2 rings (SSSR count). The number of epoxide rings is 1. The molecule has 27 heavy (non-hydrogen) atoms. The Labute approximate surface area is 165 Å². The second kappa shape index (κ2) is 10.7. The van der Waals surface area contributed by atoms with Gasteiger partial charge in [-0.25, -0.2) is 0 Å². The topological polar surface area (TPSA) is 65.1 Å². The van der Waals surface area contributed by atoms with E-state index < -0.39 is 14.1 Å². The van der Waals surface area contributed by atoms with Gasteiger partial charge in [-0.1, -0.05) is 40.0 Å². The molecule has 0 saturated carbocycles. The van der Waals surface area contributed by atoms with Crippen molar-refractivity contribution in [2.75, 3.05) is 6.61 Å². The largest absolute Gasteiger partial charge is 0.465 e. The molecule has 0 aromatic heterocycles. The minimum absolute atomic E-state index is 0.127. The number of ketones is 1. The van der Waals surface area contributed by atoms with Crippen LogP contribution in [0.2, 0.25) is 18.1 Å². The van der Waals surface area contributed by atoms with Crippen LogP contribution in [0.4, 0.5) is 0 Å². The Kier molecular flexibility index (Phi) is 8.96. The highest BCUT2D eigenvalue weighted by Gasteiger charge is 2.60. The molecule has 0 aromatic carbocycles. The molecule has 2 atom stereocenters. The first kappa shape index (κ1) is 22.6. The van der Waals surface area contributed by atoms with Gasteiger partial charge < -0.3 is 13.9 Å². The molecule has 6 heteroatoms. The number of ether oxygens (including phenoxy) is 2. The second-order valence-corrected chi connectivity index (χ2v) is 12.8. The minimum Gasteiger partial charge on any atom is -0.465 e. The van der Waals surface area contributed by atoms with Crippen molar-refractivity contribution < 1.29 is 23.5 Å². The van der Waals surface area contributed by atoms with Crippen LogP contribution in [0.3, 0.4) is 0 Å². The highest BCUT2D eigenvalue weighted by Crippen LogP contribution is 2.47. The molecular weight excluding hydrogens is 360 g/mol. The molecule has 0 bridgehead atoms. The second-order valence-electron chi connectivity index (χ2n) is 8.08. The SMILES string of the molecule is CC[Si](CC)(CC)OC12CCOC(=O)CCCC(=O)CCCCCCC1O2. The van der Waals surface area contributed by atoms with Crippen LogP contribution in [0.1, 0.15) is 85.0 Å². The summed E-state index contributed by atoms with van der Waals surface area (Å²) in [5.74, 6) is -0.471. The molecule has 5 nitrogen and oxygen atoms in total. The summed E-state index contributed by atoms with van der Waals surface area (Å²) in [6.45, 7) is 7.02. The van der Waals surface area contributed by atoms with E-state index in [9.17, 15) is 9.59 Å². The van der Waals surface area contributed by atoms with Crippen molar-refractivity contribution in [1.82, 2.24) is 0 Å². The Morgan fingerprint density at radius 2 is 1.63 bits per heavy atom. The van der Waals surface area contributed by atoms with Crippen LogP contribution in [0, 0.1) is 0 Å². The van der Waals surface area contributed by atoms with Gasteiger partial charge in [0.15, 0.2) is 14.1 Å². The van der Waals surface area contributed by atoms with Crippen LogP contribution in [-0.2, 0) is 23.5 Å². The number of cyclic esters (lactones) is 1. The average Bonchev–Trinajstić information content (AvgIpc) is 3.34. The van der Waals surface area contributed by atoms with E-state index in [4.69, 9.17) is 13.9 Å². The van der Waals surface area contributed by atoms with Gasteiger partial charge in [-0.15, -0.1) is 0 Å². The summed E-state index contributed by atoms with van der Waals surface area (Å²) >= 11 is 0. The van der Waals surface area contributed by atoms with Crippen molar-refractivity contribution in [3.8, 4) is 0 Å². The number of carbonyl (C=O) groups is 2. The van der Waals surface area contributed by atoms with Crippen LogP contribution < -0.4 is 0 Å². The lowest BCUT2D eigenvalue weighted by Gasteiger charge is -2.32. The first-order valence-electron chi connectivity index (χ1n) is 11.0. The van der Waals surface area contributed by atoms with E-state index >= 15 is 0 Å². The fourth-order valence-corrected chi connectivity index (χ4v) is 7.07. The predicted molar refractivity (Wildman–Crippen MR) is 108 cm³/mol. The highest BCUT2D eigenvalue weighted by atomic mass is 28.4. The van der Waals surface area contributed by atoms with Crippen molar-refractivity contribution in [1.29, 1.82) is 0 Å². The molecule has 2 saturated heterocycles. The van der Waals surface area contributed by atoms with Crippen molar-refractivity contribution >= 4 is 20.1 Å². The Morgan fingerprint density at radius 1 is 0.963 bits per heavy atom. The summed E-state index contributed by atoms with van der Waals surface area (Å²) in [4.78, 5) is 23.8. The maximum atomic E-state index is 12.0. The van der Waals surface area contributed by atoms with Gasteiger partial charge >= 0.3 is 5.97 Å². The Hall–Kier alpha value is -0.723. The number of Topliss-reactive ketones (excluding diaryl/α,β-unsaturated/α-hetero) is 1. The first-order valence-corrected chi connectivity index (χ1v) is 13.6. The maximum Gasteiger partial charge on any atom is 0.305 e. The number of esters is 1. The highest BCUT2D eigenvalue weighted by molar-refractivity contribution is 6.73. The third-order valence-electron chi connectivity index (χ3n) is 6.32. The molecule has 156 valence electrons. The lowest BCUT2D eigenvalue weighted by Crippen LogP contribution is -2.43.